The van der Waals surface area contributed by atoms with Crippen molar-refractivity contribution in [1.82, 2.24) is 4.90 Å². The van der Waals surface area contributed by atoms with Gasteiger partial charge in [-0.2, -0.15) is 0 Å². The highest BCUT2D eigenvalue weighted by atomic mass is 35.5. The van der Waals surface area contributed by atoms with Crippen molar-refractivity contribution in [2.45, 2.75) is 23.8 Å². The van der Waals surface area contributed by atoms with E-state index in [1.54, 1.807) is 6.07 Å². The summed E-state index contributed by atoms with van der Waals surface area (Å²) in [5.74, 6) is 0. The third-order valence-corrected chi connectivity index (χ3v) is 4.49. The van der Waals surface area contributed by atoms with E-state index in [1.807, 2.05) is 0 Å². The van der Waals surface area contributed by atoms with Crippen LogP contribution in [0.4, 0.5) is 5.69 Å². The molecule has 0 aliphatic carbocycles. The third-order valence-electron chi connectivity index (χ3n) is 3.25. The van der Waals surface area contributed by atoms with Crippen molar-refractivity contribution >= 4 is 27.3 Å². The average Bonchev–Trinajstić information content (AvgIpc) is 2.30. The second-order valence-corrected chi connectivity index (χ2v) is 6.90. The largest absolute Gasteiger partial charge is 0.380 e. The summed E-state index contributed by atoms with van der Waals surface area (Å²) in [6.45, 7) is 2.00. The van der Waals surface area contributed by atoms with Crippen LogP contribution < -0.4 is 10.5 Å². The summed E-state index contributed by atoms with van der Waals surface area (Å²) in [7, 11) is -1.64. The van der Waals surface area contributed by atoms with E-state index < -0.39 is 10.0 Å². The molecule has 0 amide bonds. The highest BCUT2D eigenvalue weighted by Crippen LogP contribution is 2.26. The Hall–Kier alpha value is -0.820. The van der Waals surface area contributed by atoms with Gasteiger partial charge in [0.25, 0.3) is 0 Å². The number of anilines is 1. The number of benzene rings is 1. The van der Waals surface area contributed by atoms with Crippen LogP contribution in [-0.4, -0.2) is 39.5 Å². The molecule has 7 heteroatoms. The number of nitrogens with one attached hydrogen (secondary N) is 1. The van der Waals surface area contributed by atoms with E-state index >= 15 is 0 Å². The lowest BCUT2D eigenvalue weighted by molar-refractivity contribution is 0.261. The summed E-state index contributed by atoms with van der Waals surface area (Å²) in [5, 5.41) is 8.92. The number of hydrogen-bond acceptors (Lipinski definition) is 4. The molecule has 1 unspecified atom stereocenters. The van der Waals surface area contributed by atoms with Gasteiger partial charge >= 0.3 is 0 Å². The van der Waals surface area contributed by atoms with Gasteiger partial charge in [0.1, 0.15) is 0 Å². The summed E-state index contributed by atoms with van der Waals surface area (Å²) in [6.07, 6.45) is 2.15. The number of likely N-dealkylation sites (tertiary alicyclic amines) is 1. The monoisotopic (exact) mass is 303 g/mol. The molecule has 1 atom stereocenters. The molecule has 1 aromatic carbocycles. The van der Waals surface area contributed by atoms with Crippen molar-refractivity contribution in [2.75, 3.05) is 25.5 Å². The van der Waals surface area contributed by atoms with Gasteiger partial charge in [0.05, 0.1) is 15.6 Å². The predicted octanol–water partition coefficient (Wildman–Crippen LogP) is 1.49. The summed E-state index contributed by atoms with van der Waals surface area (Å²) in [4.78, 5) is 2.31. The minimum atomic E-state index is -3.70. The molecule has 1 saturated heterocycles. The molecular formula is C12H18ClN3O2S. The van der Waals surface area contributed by atoms with Gasteiger partial charge < -0.3 is 10.2 Å². The SMILES string of the molecule is CN1CCCC(Nc2cc(S(N)(=O)=O)ccc2Cl)C1. The molecule has 1 heterocycles. The topological polar surface area (TPSA) is 75.4 Å². The van der Waals surface area contributed by atoms with Crippen LogP contribution in [0.25, 0.3) is 0 Å². The van der Waals surface area contributed by atoms with Crippen LogP contribution >= 0.6 is 11.6 Å². The number of halogens is 1. The van der Waals surface area contributed by atoms with Gasteiger partial charge in [-0.3, -0.25) is 0 Å². The van der Waals surface area contributed by atoms with E-state index in [-0.39, 0.29) is 10.9 Å². The Kier molecular flexibility index (Phi) is 4.35. The normalized spacial score (nSPS) is 21.3. The van der Waals surface area contributed by atoms with Crippen molar-refractivity contribution in [3.63, 3.8) is 0 Å². The zero-order chi connectivity index (χ0) is 14.0. The van der Waals surface area contributed by atoms with E-state index in [4.69, 9.17) is 16.7 Å². The zero-order valence-corrected chi connectivity index (χ0v) is 12.3. The van der Waals surface area contributed by atoms with Crippen LogP contribution in [0.5, 0.6) is 0 Å². The van der Waals surface area contributed by atoms with E-state index in [1.165, 1.54) is 12.1 Å². The molecule has 1 fully saturated rings. The van der Waals surface area contributed by atoms with Crippen LogP contribution in [0.2, 0.25) is 5.02 Å². The molecule has 0 bridgehead atoms. The maximum absolute atomic E-state index is 11.3. The van der Waals surface area contributed by atoms with Gasteiger partial charge in [0.15, 0.2) is 0 Å². The number of hydrogen-bond donors (Lipinski definition) is 2. The van der Waals surface area contributed by atoms with Crippen molar-refractivity contribution in [1.29, 1.82) is 0 Å². The minimum Gasteiger partial charge on any atom is -0.380 e. The Morgan fingerprint density at radius 1 is 1.47 bits per heavy atom. The van der Waals surface area contributed by atoms with Crippen LogP contribution in [-0.2, 0) is 10.0 Å². The Balaban J connectivity index is 2.19. The zero-order valence-electron chi connectivity index (χ0n) is 10.8. The Labute approximate surface area is 118 Å². The molecule has 19 heavy (non-hydrogen) atoms. The first kappa shape index (κ1) is 14.6. The number of primary sulfonamides is 1. The van der Waals surface area contributed by atoms with E-state index in [2.05, 4.69) is 17.3 Å². The highest BCUT2D eigenvalue weighted by Gasteiger charge is 2.18. The Bertz CT molecular complexity index is 562. The third kappa shape index (κ3) is 3.82. The summed E-state index contributed by atoms with van der Waals surface area (Å²) in [6, 6.07) is 4.73. The van der Waals surface area contributed by atoms with Crippen molar-refractivity contribution in [3.8, 4) is 0 Å². The number of sulfonamides is 1. The molecule has 1 aliphatic heterocycles. The van der Waals surface area contributed by atoms with Crippen molar-refractivity contribution in [2.24, 2.45) is 5.14 Å². The number of likely N-dealkylation sites (N-methyl/N-ethyl adjacent to an activating group) is 1. The van der Waals surface area contributed by atoms with Crippen LogP contribution in [0.3, 0.4) is 0 Å². The van der Waals surface area contributed by atoms with Gasteiger partial charge in [-0.25, -0.2) is 13.6 Å². The van der Waals surface area contributed by atoms with Gasteiger partial charge in [0.2, 0.25) is 10.0 Å². The lowest BCUT2D eigenvalue weighted by Gasteiger charge is -2.31. The van der Waals surface area contributed by atoms with Gasteiger partial charge in [-0.15, -0.1) is 0 Å². The summed E-state index contributed by atoms with van der Waals surface area (Å²) in [5.41, 5.74) is 0.619. The first-order valence-electron chi connectivity index (χ1n) is 6.14. The van der Waals surface area contributed by atoms with Crippen molar-refractivity contribution in [3.05, 3.63) is 23.2 Å². The second-order valence-electron chi connectivity index (χ2n) is 4.93. The molecule has 2 rings (SSSR count). The summed E-state index contributed by atoms with van der Waals surface area (Å²) < 4.78 is 22.7. The fourth-order valence-corrected chi connectivity index (χ4v) is 3.01. The average molecular weight is 304 g/mol. The van der Waals surface area contributed by atoms with Gasteiger partial charge in [-0.1, -0.05) is 11.6 Å². The molecule has 5 nitrogen and oxygen atoms in total. The van der Waals surface area contributed by atoms with Gasteiger partial charge in [-0.05, 0) is 44.6 Å². The summed E-state index contributed by atoms with van der Waals surface area (Å²) >= 11 is 6.09. The fraction of sp³-hybridized carbons (Fsp3) is 0.500. The maximum atomic E-state index is 11.3. The number of piperidine rings is 1. The molecule has 106 valence electrons. The minimum absolute atomic E-state index is 0.0727. The quantitative estimate of drug-likeness (QED) is 0.887. The van der Waals surface area contributed by atoms with E-state index in [0.29, 0.717) is 10.7 Å². The Morgan fingerprint density at radius 3 is 2.84 bits per heavy atom. The molecule has 0 spiro atoms. The molecule has 0 saturated carbocycles. The first-order valence-corrected chi connectivity index (χ1v) is 8.06. The Morgan fingerprint density at radius 2 is 2.21 bits per heavy atom. The smallest absolute Gasteiger partial charge is 0.238 e. The first-order chi connectivity index (χ1) is 8.86. The lowest BCUT2D eigenvalue weighted by atomic mass is 10.1. The maximum Gasteiger partial charge on any atom is 0.238 e. The lowest BCUT2D eigenvalue weighted by Crippen LogP contribution is -2.39. The van der Waals surface area contributed by atoms with Crippen molar-refractivity contribution < 1.29 is 8.42 Å². The molecule has 0 aromatic heterocycles. The number of nitrogens with zero attached hydrogens (tertiary/aromatic N) is 1. The van der Waals surface area contributed by atoms with Gasteiger partial charge in [0, 0.05) is 12.6 Å². The number of rotatable bonds is 3. The molecule has 1 aromatic rings. The van der Waals surface area contributed by atoms with Crippen LogP contribution in [0, 0.1) is 0 Å². The standard InChI is InChI=1S/C12H18ClN3O2S/c1-16-6-2-3-9(8-16)15-12-7-10(19(14,17)18)4-5-11(12)13/h4-5,7,9,15H,2-3,6,8H2,1H3,(H2,14,17,18). The van der Waals surface area contributed by atoms with E-state index in [9.17, 15) is 8.42 Å². The highest BCUT2D eigenvalue weighted by molar-refractivity contribution is 7.89. The predicted molar refractivity (Wildman–Crippen MR) is 77.0 cm³/mol. The van der Waals surface area contributed by atoms with E-state index in [0.717, 1.165) is 25.9 Å². The molecule has 0 radical (unpaired) electrons. The molecule has 1 aliphatic rings. The molecular weight excluding hydrogens is 286 g/mol. The number of nitrogens with two attached hydrogens (primary N) is 1. The van der Waals surface area contributed by atoms with Crippen LogP contribution in [0.15, 0.2) is 23.1 Å². The van der Waals surface area contributed by atoms with Crippen LogP contribution in [0.1, 0.15) is 12.8 Å². The second kappa shape index (κ2) is 5.66. The molecule has 3 N–H and O–H groups in total. The fourth-order valence-electron chi connectivity index (χ4n) is 2.30.